The van der Waals surface area contributed by atoms with Gasteiger partial charge in [-0.3, -0.25) is 14.4 Å². The van der Waals surface area contributed by atoms with Crippen molar-refractivity contribution >= 4 is 23.7 Å². The molecule has 0 radical (unpaired) electrons. The van der Waals surface area contributed by atoms with Crippen LogP contribution in [0.1, 0.15) is 79.1 Å². The third-order valence-electron chi connectivity index (χ3n) is 9.61. The minimum atomic E-state index is -1.20. The third kappa shape index (κ3) is 3.65. The van der Waals surface area contributed by atoms with Gasteiger partial charge in [0.25, 0.3) is 0 Å². The maximum atomic E-state index is 13.7. The van der Waals surface area contributed by atoms with Crippen molar-refractivity contribution in [2.24, 2.45) is 40.4 Å². The molecule has 1 N–H and O–H groups in total. The van der Waals surface area contributed by atoms with Crippen molar-refractivity contribution in [3.63, 3.8) is 0 Å². The summed E-state index contributed by atoms with van der Waals surface area (Å²) in [6.07, 6.45) is 5.08. The van der Waals surface area contributed by atoms with Gasteiger partial charge in [-0.05, 0) is 73.5 Å². The predicted molar refractivity (Wildman–Crippen MR) is 114 cm³/mol. The van der Waals surface area contributed by atoms with E-state index in [1.54, 1.807) is 0 Å². The molecule has 0 bridgehead atoms. The quantitative estimate of drug-likeness (QED) is 0.652. The van der Waals surface area contributed by atoms with Gasteiger partial charge in [0, 0.05) is 32.1 Å². The van der Waals surface area contributed by atoms with E-state index in [0.29, 0.717) is 18.8 Å². The van der Waals surface area contributed by atoms with E-state index in [0.717, 1.165) is 38.5 Å². The molecule has 7 nitrogen and oxygen atoms in total. The van der Waals surface area contributed by atoms with Crippen LogP contribution in [0.25, 0.3) is 0 Å². The van der Waals surface area contributed by atoms with Gasteiger partial charge in [-0.25, -0.2) is 4.79 Å². The molecule has 0 heterocycles. The van der Waals surface area contributed by atoms with Crippen LogP contribution in [0.3, 0.4) is 0 Å². The molecule has 0 aliphatic heterocycles. The van der Waals surface area contributed by atoms with Gasteiger partial charge in [0.1, 0.15) is 11.9 Å². The van der Waals surface area contributed by atoms with Crippen molar-refractivity contribution < 1.29 is 33.8 Å². The molecule has 0 saturated heterocycles. The first-order valence-corrected chi connectivity index (χ1v) is 12.1. The van der Waals surface area contributed by atoms with Gasteiger partial charge in [0.05, 0.1) is 0 Å². The van der Waals surface area contributed by atoms with E-state index in [-0.39, 0.29) is 46.9 Å². The molecule has 32 heavy (non-hydrogen) atoms. The highest BCUT2D eigenvalue weighted by molar-refractivity contribution is 5.85. The second kappa shape index (κ2) is 8.14. The van der Waals surface area contributed by atoms with Crippen LogP contribution < -0.4 is 0 Å². The van der Waals surface area contributed by atoms with Crippen LogP contribution in [0.4, 0.5) is 0 Å². The lowest BCUT2D eigenvalue weighted by Gasteiger charge is -2.60. The Kier molecular flexibility index (Phi) is 5.91. The lowest BCUT2D eigenvalue weighted by atomic mass is 9.44. The molecule has 0 aromatic rings. The average Bonchev–Trinajstić information content (AvgIpc) is 3.01. The van der Waals surface area contributed by atoms with Crippen LogP contribution in [-0.4, -0.2) is 41.0 Å². The number of carbonyl (C=O) groups excluding carboxylic acids is 3. The van der Waals surface area contributed by atoms with Crippen LogP contribution in [-0.2, 0) is 28.7 Å². The Morgan fingerprint density at radius 3 is 2.34 bits per heavy atom. The van der Waals surface area contributed by atoms with Crippen molar-refractivity contribution in [2.75, 3.05) is 0 Å². The number of fused-ring (bicyclic) bond motifs is 5. The first kappa shape index (κ1) is 23.2. The number of esters is 2. The van der Waals surface area contributed by atoms with Crippen molar-refractivity contribution in [3.8, 4) is 0 Å². The summed E-state index contributed by atoms with van der Waals surface area (Å²) in [6.45, 7) is 6.99. The minimum absolute atomic E-state index is 0.0200. The zero-order valence-electron chi connectivity index (χ0n) is 19.6. The van der Waals surface area contributed by atoms with Gasteiger partial charge >= 0.3 is 17.9 Å². The summed E-state index contributed by atoms with van der Waals surface area (Å²) in [4.78, 5) is 48.7. The summed E-state index contributed by atoms with van der Waals surface area (Å²) in [5.74, 6) is -1.22. The molecule has 4 aliphatic carbocycles. The Hall–Kier alpha value is -1.92. The van der Waals surface area contributed by atoms with Crippen LogP contribution in [0.2, 0.25) is 0 Å². The molecule has 4 aliphatic rings. The maximum Gasteiger partial charge on any atom is 0.345 e. The van der Waals surface area contributed by atoms with Gasteiger partial charge in [-0.2, -0.15) is 0 Å². The fourth-order valence-electron chi connectivity index (χ4n) is 8.39. The first-order valence-electron chi connectivity index (χ1n) is 12.1. The summed E-state index contributed by atoms with van der Waals surface area (Å²) >= 11 is 0. The second-order valence-electron chi connectivity index (χ2n) is 11.2. The smallest absolute Gasteiger partial charge is 0.345 e. The van der Waals surface area contributed by atoms with Crippen molar-refractivity contribution in [2.45, 2.75) is 91.3 Å². The zero-order chi connectivity index (χ0) is 23.4. The van der Waals surface area contributed by atoms with Gasteiger partial charge in [-0.15, -0.1) is 0 Å². The van der Waals surface area contributed by atoms with E-state index < -0.39 is 23.5 Å². The molecule has 178 valence electrons. The topological polar surface area (TPSA) is 107 Å². The Labute approximate surface area is 189 Å². The van der Waals surface area contributed by atoms with Crippen LogP contribution in [0.15, 0.2) is 0 Å². The maximum absolute atomic E-state index is 13.7. The largest absolute Gasteiger partial charge is 0.478 e. The number of rotatable bonds is 4. The third-order valence-corrected chi connectivity index (χ3v) is 9.61. The van der Waals surface area contributed by atoms with Gasteiger partial charge in [-0.1, -0.05) is 13.8 Å². The number of aliphatic carboxylic acids is 1. The fraction of sp³-hybridized carbons (Fsp3) is 0.840. The van der Waals surface area contributed by atoms with Crippen molar-refractivity contribution in [1.29, 1.82) is 0 Å². The average molecular weight is 449 g/mol. The molecule has 4 saturated carbocycles. The molecule has 8 unspecified atom stereocenters. The molecule has 0 spiro atoms. The highest BCUT2D eigenvalue weighted by Gasteiger charge is 2.65. The molecular formula is C25H36O7. The highest BCUT2D eigenvalue weighted by Crippen LogP contribution is 2.67. The molecule has 0 amide bonds. The van der Waals surface area contributed by atoms with E-state index in [4.69, 9.17) is 9.47 Å². The van der Waals surface area contributed by atoms with E-state index >= 15 is 0 Å². The van der Waals surface area contributed by atoms with Crippen LogP contribution in [0.5, 0.6) is 0 Å². The number of Topliss-reactive ketones (excluding diaryl/α,β-unsaturated/α-hetero) is 1. The van der Waals surface area contributed by atoms with Gasteiger partial charge < -0.3 is 14.6 Å². The molecule has 4 fully saturated rings. The predicted octanol–water partition coefficient (Wildman–Crippen LogP) is 3.77. The summed E-state index contributed by atoms with van der Waals surface area (Å²) in [6, 6.07) is 0. The van der Waals surface area contributed by atoms with E-state index in [9.17, 15) is 24.3 Å². The number of carboxylic acid groups (broad SMARTS) is 1. The SMILES string of the molecule is CC(=O)OC(C(=O)O)C1CCC2C3CCC4C[C@H](OC(C)=O)CCC4(C)C3C(=O)CC12C. The Morgan fingerprint density at radius 1 is 1.00 bits per heavy atom. The normalized spacial score (nSPS) is 43.9. The molecule has 4 rings (SSSR count). The number of carbonyl (C=O) groups is 4. The number of carboxylic acids is 1. The second-order valence-corrected chi connectivity index (χ2v) is 11.2. The van der Waals surface area contributed by atoms with Crippen molar-refractivity contribution in [3.05, 3.63) is 0 Å². The molecule has 0 aromatic heterocycles. The number of hydrogen-bond acceptors (Lipinski definition) is 6. The lowest BCUT2D eigenvalue weighted by Crippen LogP contribution is -2.58. The Balaban J connectivity index is 1.59. The Morgan fingerprint density at radius 2 is 1.72 bits per heavy atom. The molecule has 7 heteroatoms. The fourth-order valence-corrected chi connectivity index (χ4v) is 8.39. The molecular weight excluding hydrogens is 412 g/mol. The summed E-state index contributed by atoms with van der Waals surface area (Å²) < 4.78 is 10.7. The monoisotopic (exact) mass is 448 g/mol. The van der Waals surface area contributed by atoms with E-state index in [2.05, 4.69) is 13.8 Å². The zero-order valence-corrected chi connectivity index (χ0v) is 19.6. The Bertz CT molecular complexity index is 821. The standard InChI is InChI=1S/C25H36O7/c1-13(26)31-16-9-10-24(3)15(11-16)5-6-17-18-7-8-19(22(23(29)30)32-14(2)27)25(18,4)12-20(28)21(17)24/h15-19,21-22H,5-12H2,1-4H3,(H,29,30)/t15?,16-,17?,18?,19?,21?,22?,24?,25?/m1/s1. The number of ketones is 1. The number of hydrogen-bond donors (Lipinski definition) is 1. The van der Waals surface area contributed by atoms with Gasteiger partial charge in [0.2, 0.25) is 6.10 Å². The van der Waals surface area contributed by atoms with Crippen LogP contribution >= 0.6 is 0 Å². The van der Waals surface area contributed by atoms with E-state index in [1.165, 1.54) is 13.8 Å². The van der Waals surface area contributed by atoms with Gasteiger partial charge in [0.15, 0.2) is 0 Å². The van der Waals surface area contributed by atoms with E-state index in [1.807, 2.05) is 0 Å². The lowest BCUT2D eigenvalue weighted by molar-refractivity contribution is -0.179. The summed E-state index contributed by atoms with van der Waals surface area (Å²) in [7, 11) is 0. The summed E-state index contributed by atoms with van der Waals surface area (Å²) in [5.41, 5.74) is -0.562. The first-order chi connectivity index (χ1) is 15.0. The minimum Gasteiger partial charge on any atom is -0.478 e. The molecule has 0 aromatic carbocycles. The van der Waals surface area contributed by atoms with Crippen LogP contribution in [0, 0.1) is 40.4 Å². The number of ether oxygens (including phenoxy) is 2. The van der Waals surface area contributed by atoms with Crippen molar-refractivity contribution in [1.82, 2.24) is 0 Å². The summed E-state index contributed by atoms with van der Waals surface area (Å²) in [5, 5.41) is 9.77. The molecule has 9 atom stereocenters. The highest BCUT2D eigenvalue weighted by atomic mass is 16.6.